The maximum absolute atomic E-state index is 12.1. The van der Waals surface area contributed by atoms with Crippen LogP contribution in [0.4, 0.5) is 0 Å². The average Bonchev–Trinajstić information content (AvgIpc) is 2.61. The number of rotatable bonds is 4. The van der Waals surface area contributed by atoms with E-state index in [1.807, 2.05) is 37.3 Å². The molecule has 122 valence electrons. The highest BCUT2D eigenvalue weighted by molar-refractivity contribution is 5.97. The predicted molar refractivity (Wildman–Crippen MR) is 94.5 cm³/mol. The van der Waals surface area contributed by atoms with Gasteiger partial charge in [-0.25, -0.2) is 0 Å². The van der Waals surface area contributed by atoms with Gasteiger partial charge in [0, 0.05) is 23.2 Å². The molecule has 0 saturated heterocycles. The molecule has 0 fully saturated rings. The molecule has 2 aromatic carbocycles. The van der Waals surface area contributed by atoms with Crippen molar-refractivity contribution in [3.05, 3.63) is 71.3 Å². The Morgan fingerprint density at radius 2 is 1.54 bits per heavy atom. The fourth-order valence-electron chi connectivity index (χ4n) is 2.04. The van der Waals surface area contributed by atoms with E-state index in [4.69, 9.17) is 0 Å². The van der Waals surface area contributed by atoms with Crippen LogP contribution in [0.5, 0.6) is 0 Å². The largest absolute Gasteiger partial charge is 0.355 e. The van der Waals surface area contributed by atoms with Crippen molar-refractivity contribution < 1.29 is 9.59 Å². The summed E-state index contributed by atoms with van der Waals surface area (Å²) in [5.74, 6) is 5.65. The van der Waals surface area contributed by atoms with E-state index in [-0.39, 0.29) is 11.8 Å². The Morgan fingerprint density at radius 1 is 0.958 bits per heavy atom. The van der Waals surface area contributed by atoms with E-state index in [1.54, 1.807) is 31.2 Å². The lowest BCUT2D eigenvalue weighted by Gasteiger charge is -2.13. The molecule has 0 aliphatic heterocycles. The minimum Gasteiger partial charge on any atom is -0.355 e. The van der Waals surface area contributed by atoms with Gasteiger partial charge in [-0.1, -0.05) is 30.0 Å². The number of hydrogen-bond acceptors (Lipinski definition) is 2. The fourth-order valence-corrected chi connectivity index (χ4v) is 2.04. The first kappa shape index (κ1) is 17.3. The molecule has 0 aliphatic carbocycles. The molecule has 24 heavy (non-hydrogen) atoms. The van der Waals surface area contributed by atoms with Crippen LogP contribution >= 0.6 is 0 Å². The molecule has 0 spiro atoms. The standard InChI is InChI=1S/C20H20N2O2/c1-3-21-19(23)15(2)22-20(24)18-13-11-17(12-14-18)10-9-16-7-5-4-6-8-16/h4-8,11-15H,3H2,1-2H3,(H,21,23)(H,22,24). The molecule has 0 saturated carbocycles. The Balaban J connectivity index is 2.00. The Morgan fingerprint density at radius 3 is 2.12 bits per heavy atom. The van der Waals surface area contributed by atoms with Gasteiger partial charge in [0.05, 0.1) is 0 Å². The molecule has 2 amide bonds. The minimum atomic E-state index is -0.574. The highest BCUT2D eigenvalue weighted by Gasteiger charge is 2.15. The molecule has 0 heterocycles. The summed E-state index contributed by atoms with van der Waals surface area (Å²) in [5.41, 5.74) is 2.26. The van der Waals surface area contributed by atoms with Crippen LogP contribution in [0, 0.1) is 11.8 Å². The van der Waals surface area contributed by atoms with E-state index in [1.165, 1.54) is 0 Å². The third kappa shape index (κ3) is 4.99. The van der Waals surface area contributed by atoms with Crippen LogP contribution in [-0.2, 0) is 4.79 Å². The summed E-state index contributed by atoms with van der Waals surface area (Å²) >= 11 is 0. The van der Waals surface area contributed by atoms with Gasteiger partial charge in [0.15, 0.2) is 0 Å². The van der Waals surface area contributed by atoms with Crippen molar-refractivity contribution in [3.63, 3.8) is 0 Å². The molecule has 0 aliphatic rings. The quantitative estimate of drug-likeness (QED) is 0.850. The van der Waals surface area contributed by atoms with E-state index < -0.39 is 6.04 Å². The summed E-state index contributed by atoms with van der Waals surface area (Å²) in [6.45, 7) is 4.03. The van der Waals surface area contributed by atoms with Gasteiger partial charge in [0.25, 0.3) is 5.91 Å². The van der Waals surface area contributed by atoms with Crippen molar-refractivity contribution in [2.75, 3.05) is 6.54 Å². The number of carbonyl (C=O) groups is 2. The van der Waals surface area contributed by atoms with E-state index in [2.05, 4.69) is 22.5 Å². The van der Waals surface area contributed by atoms with Crippen LogP contribution < -0.4 is 10.6 Å². The number of carbonyl (C=O) groups excluding carboxylic acids is 2. The van der Waals surface area contributed by atoms with Crippen LogP contribution in [0.25, 0.3) is 0 Å². The fraction of sp³-hybridized carbons (Fsp3) is 0.200. The van der Waals surface area contributed by atoms with Gasteiger partial charge in [-0.15, -0.1) is 0 Å². The van der Waals surface area contributed by atoms with Crippen molar-refractivity contribution >= 4 is 11.8 Å². The summed E-state index contributed by atoms with van der Waals surface area (Å²) in [6, 6.07) is 16.1. The van der Waals surface area contributed by atoms with Gasteiger partial charge in [0.1, 0.15) is 6.04 Å². The van der Waals surface area contributed by atoms with Crippen molar-refractivity contribution in [1.82, 2.24) is 10.6 Å². The number of hydrogen-bond donors (Lipinski definition) is 2. The molecular weight excluding hydrogens is 300 g/mol. The number of nitrogens with one attached hydrogen (secondary N) is 2. The van der Waals surface area contributed by atoms with E-state index in [0.29, 0.717) is 12.1 Å². The summed E-state index contributed by atoms with van der Waals surface area (Å²) in [6.07, 6.45) is 0. The molecule has 1 unspecified atom stereocenters. The molecular formula is C20H20N2O2. The molecule has 0 aromatic heterocycles. The lowest BCUT2D eigenvalue weighted by molar-refractivity contribution is -0.122. The number of likely N-dealkylation sites (N-methyl/N-ethyl adjacent to an activating group) is 1. The molecule has 2 N–H and O–H groups in total. The van der Waals surface area contributed by atoms with E-state index >= 15 is 0 Å². The van der Waals surface area contributed by atoms with Gasteiger partial charge < -0.3 is 10.6 Å². The molecule has 0 bridgehead atoms. The molecule has 0 radical (unpaired) electrons. The van der Waals surface area contributed by atoms with Crippen LogP contribution in [0.1, 0.15) is 35.3 Å². The Labute approximate surface area is 142 Å². The monoisotopic (exact) mass is 320 g/mol. The van der Waals surface area contributed by atoms with Gasteiger partial charge >= 0.3 is 0 Å². The summed E-state index contributed by atoms with van der Waals surface area (Å²) in [7, 11) is 0. The zero-order chi connectivity index (χ0) is 17.4. The zero-order valence-corrected chi connectivity index (χ0v) is 13.8. The van der Waals surface area contributed by atoms with Gasteiger partial charge in [0.2, 0.25) is 5.91 Å². The smallest absolute Gasteiger partial charge is 0.251 e. The summed E-state index contributed by atoms with van der Waals surface area (Å²) < 4.78 is 0. The second kappa shape index (κ2) is 8.54. The highest BCUT2D eigenvalue weighted by atomic mass is 16.2. The first-order valence-corrected chi connectivity index (χ1v) is 7.86. The summed E-state index contributed by atoms with van der Waals surface area (Å²) in [4.78, 5) is 23.8. The Kier molecular flexibility index (Phi) is 6.16. The van der Waals surface area contributed by atoms with Crippen LogP contribution in [0.2, 0.25) is 0 Å². The first-order chi connectivity index (χ1) is 11.6. The average molecular weight is 320 g/mol. The molecule has 4 nitrogen and oxygen atoms in total. The van der Waals surface area contributed by atoms with Gasteiger partial charge in [-0.2, -0.15) is 0 Å². The second-order valence-corrected chi connectivity index (χ2v) is 5.28. The zero-order valence-electron chi connectivity index (χ0n) is 13.8. The van der Waals surface area contributed by atoms with Crippen LogP contribution in [0.3, 0.4) is 0 Å². The predicted octanol–water partition coefficient (Wildman–Crippen LogP) is 2.34. The number of benzene rings is 2. The van der Waals surface area contributed by atoms with Crippen LogP contribution in [-0.4, -0.2) is 24.4 Å². The lowest BCUT2D eigenvalue weighted by Crippen LogP contribution is -2.44. The van der Waals surface area contributed by atoms with Crippen molar-refractivity contribution in [2.24, 2.45) is 0 Å². The summed E-state index contributed by atoms with van der Waals surface area (Å²) in [5, 5.41) is 5.34. The SMILES string of the molecule is CCNC(=O)C(C)NC(=O)c1ccc(C#Cc2ccccc2)cc1. The maximum Gasteiger partial charge on any atom is 0.251 e. The van der Waals surface area contributed by atoms with Crippen molar-refractivity contribution in [1.29, 1.82) is 0 Å². The Bertz CT molecular complexity index is 756. The lowest BCUT2D eigenvalue weighted by atomic mass is 10.1. The molecule has 1 atom stereocenters. The van der Waals surface area contributed by atoms with E-state index in [0.717, 1.165) is 11.1 Å². The highest BCUT2D eigenvalue weighted by Crippen LogP contribution is 2.05. The first-order valence-electron chi connectivity index (χ1n) is 7.86. The topological polar surface area (TPSA) is 58.2 Å². The van der Waals surface area contributed by atoms with Gasteiger partial charge in [-0.3, -0.25) is 9.59 Å². The van der Waals surface area contributed by atoms with Crippen LogP contribution in [0.15, 0.2) is 54.6 Å². The van der Waals surface area contributed by atoms with Crippen molar-refractivity contribution in [3.8, 4) is 11.8 Å². The molecule has 2 rings (SSSR count). The third-order valence-electron chi connectivity index (χ3n) is 3.36. The molecule has 2 aromatic rings. The molecule has 4 heteroatoms. The third-order valence-corrected chi connectivity index (χ3v) is 3.36. The van der Waals surface area contributed by atoms with Gasteiger partial charge in [-0.05, 0) is 50.2 Å². The van der Waals surface area contributed by atoms with Crippen molar-refractivity contribution in [2.45, 2.75) is 19.9 Å². The normalized spacial score (nSPS) is 10.9. The number of amides is 2. The second-order valence-electron chi connectivity index (χ2n) is 5.28. The Hall–Kier alpha value is -3.06. The minimum absolute atomic E-state index is 0.198. The maximum atomic E-state index is 12.1. The van der Waals surface area contributed by atoms with E-state index in [9.17, 15) is 9.59 Å².